The van der Waals surface area contributed by atoms with Crippen LogP contribution in [0.2, 0.25) is 0 Å². The third-order valence-electron chi connectivity index (χ3n) is 20.0. The second kappa shape index (κ2) is 35.8. The number of carboxylic acids is 1. The van der Waals surface area contributed by atoms with E-state index in [9.17, 15) is 25.2 Å². The van der Waals surface area contributed by atoms with Crippen molar-refractivity contribution in [1.29, 1.82) is 0 Å². The summed E-state index contributed by atoms with van der Waals surface area (Å²) in [7, 11) is 6.81. The zero-order chi connectivity index (χ0) is 79.6. The van der Waals surface area contributed by atoms with E-state index in [-0.39, 0.29) is 23.8 Å². The zero-order valence-corrected chi connectivity index (χ0v) is 67.0. The predicted molar refractivity (Wildman–Crippen MR) is 452 cm³/mol. The van der Waals surface area contributed by atoms with Crippen molar-refractivity contribution in [3.8, 4) is 66.2 Å². The number of carboxylic acid groups (broad SMARTS) is 1. The number of aromatic nitrogens is 9. The minimum Gasteiger partial charge on any atom is -0.504 e. The Bertz CT molecular complexity index is 5790. The van der Waals surface area contributed by atoms with E-state index in [2.05, 4.69) is 98.7 Å². The zero-order valence-electron chi connectivity index (χ0n) is 64.5. The molecule has 0 aliphatic carbocycles. The lowest BCUT2D eigenvalue weighted by atomic mass is 10.1. The van der Waals surface area contributed by atoms with Crippen molar-refractivity contribution in [2.75, 3.05) is 34.9 Å². The second-order valence-corrected chi connectivity index (χ2v) is 32.1. The Kier molecular flexibility index (Phi) is 24.0. The fourth-order valence-corrected chi connectivity index (χ4v) is 17.6. The average molecular weight is 1600 g/mol. The number of benzene rings is 6. The van der Waals surface area contributed by atoms with Crippen LogP contribution in [0, 0.1) is 0 Å². The van der Waals surface area contributed by atoms with Crippen molar-refractivity contribution in [1.82, 2.24) is 74.7 Å². The number of nitrogens with one attached hydrogen (secondary N) is 1. The number of nitrogens with zero attached hydrogens (tertiary/aromatic N) is 14. The maximum absolute atomic E-state index is 11.5. The molecule has 9 aromatic heterocycles. The summed E-state index contributed by atoms with van der Waals surface area (Å²) < 4.78 is 20.1. The Morgan fingerprint density at radius 1 is 0.345 bits per heavy atom. The topological polar surface area (TPSA) is 270 Å². The van der Waals surface area contributed by atoms with Gasteiger partial charge in [0.15, 0.2) is 34.5 Å². The predicted octanol–water partition coefficient (Wildman–Crippen LogP) is 16.0. The third kappa shape index (κ3) is 19.1. The average Bonchev–Trinajstić information content (AvgIpc) is 1.57. The molecule has 0 unspecified atom stereocenters. The Morgan fingerprint density at radius 3 is 0.879 bits per heavy atom. The smallest absolute Gasteiger partial charge is 0.317 e. The molecule has 12 heterocycles. The summed E-state index contributed by atoms with van der Waals surface area (Å²) in [5, 5.41) is 48.9. The van der Waals surface area contributed by atoms with Crippen LogP contribution >= 0.6 is 34.0 Å². The van der Waals surface area contributed by atoms with Gasteiger partial charge in [-0.1, -0.05) is 72.8 Å². The first-order valence-electron chi connectivity index (χ1n) is 38.1. The van der Waals surface area contributed by atoms with Gasteiger partial charge in [0.2, 0.25) is 0 Å². The van der Waals surface area contributed by atoms with Crippen LogP contribution in [-0.2, 0) is 103 Å². The van der Waals surface area contributed by atoms with Gasteiger partial charge in [0.05, 0.1) is 127 Å². The molecule has 26 heteroatoms. The van der Waals surface area contributed by atoms with Crippen molar-refractivity contribution in [3.63, 3.8) is 0 Å². The summed E-state index contributed by atoms with van der Waals surface area (Å²) >= 11 is 4.87. The highest BCUT2D eigenvalue weighted by Gasteiger charge is 2.25. The number of aromatic hydroxyl groups is 3. The van der Waals surface area contributed by atoms with Crippen LogP contribution in [0.25, 0.3) is 62.4 Å². The van der Waals surface area contributed by atoms with Crippen molar-refractivity contribution in [3.05, 3.63) is 303 Å². The number of rotatable bonds is 14. The van der Waals surface area contributed by atoms with E-state index in [0.29, 0.717) is 108 Å². The van der Waals surface area contributed by atoms with Crippen LogP contribution in [-0.4, -0.2) is 131 Å². The van der Waals surface area contributed by atoms with Gasteiger partial charge in [-0.3, -0.25) is 59.2 Å². The van der Waals surface area contributed by atoms with Crippen LogP contribution < -0.4 is 19.5 Å². The number of thiazole rings is 3. The van der Waals surface area contributed by atoms with E-state index in [1.807, 2.05) is 157 Å². The molecular weight excluding hydrogens is 1520 g/mol. The quantitative estimate of drug-likeness (QED) is 0.0677. The summed E-state index contributed by atoms with van der Waals surface area (Å²) in [6.07, 6.45) is 0. The summed E-state index contributed by atoms with van der Waals surface area (Å²) in [5.74, 6) is 0.765. The summed E-state index contributed by atoms with van der Waals surface area (Å²) in [5.41, 5.74) is 19.1. The van der Waals surface area contributed by atoms with Gasteiger partial charge in [-0.2, -0.15) is 0 Å². The van der Waals surface area contributed by atoms with Crippen LogP contribution in [0.15, 0.2) is 218 Å². The molecular formula is C90H85N15O8S3. The molecule has 18 rings (SSSR count). The van der Waals surface area contributed by atoms with Gasteiger partial charge in [0, 0.05) is 132 Å². The fraction of sp³-hybridized carbons (Fsp3) is 0.222. The van der Waals surface area contributed by atoms with Crippen molar-refractivity contribution >= 4 is 70.6 Å². The molecule has 6 aromatic carbocycles. The number of phenols is 3. The van der Waals surface area contributed by atoms with Crippen LogP contribution in [0.4, 0.5) is 0 Å². The third-order valence-corrected chi connectivity index (χ3v) is 23.3. The molecule has 15 aromatic rings. The van der Waals surface area contributed by atoms with E-state index in [4.69, 9.17) is 59.1 Å². The number of phenolic OH excluding ortho intramolecular Hbond substituents is 3. The van der Waals surface area contributed by atoms with Crippen molar-refractivity contribution < 1.29 is 39.4 Å². The number of hydrogen-bond acceptors (Lipinski definition) is 25. The number of fused-ring (bicyclic) bond motifs is 15. The largest absolute Gasteiger partial charge is 0.504 e. The van der Waals surface area contributed by atoms with Gasteiger partial charge in [0.1, 0.15) is 15.0 Å². The molecule has 0 saturated carbocycles. The molecule has 0 amide bonds. The van der Waals surface area contributed by atoms with Crippen LogP contribution in [0.3, 0.4) is 0 Å². The van der Waals surface area contributed by atoms with Gasteiger partial charge >= 0.3 is 5.97 Å². The maximum atomic E-state index is 11.5. The Morgan fingerprint density at radius 2 is 0.603 bits per heavy atom. The van der Waals surface area contributed by atoms with Gasteiger partial charge < -0.3 is 40.0 Å². The maximum Gasteiger partial charge on any atom is 0.317 e. The highest BCUT2D eigenvalue weighted by atomic mass is 32.1. The molecule has 586 valence electrons. The Labute approximate surface area is 683 Å². The molecule has 23 nitrogen and oxygen atoms in total. The summed E-state index contributed by atoms with van der Waals surface area (Å²) in [6.45, 7) is 8.47. The molecule has 0 radical (unpaired) electrons. The SMILES string of the molecule is COc1cc(-c2nc3ccccc3s2)cc(CN2Cc3cccc(n3)CN(C)Cc3cccc(n3)C2)c1O.COc1cc(-c2nc3ccccc3s2)cc(CN2Cc3cccc(n3)CN(CC(=O)O)Cc3cccc(n3)C2)c1O.COc1cc(-c2nc3ccccc3s2)cc(CN2Cc3cccc(n3)CNCc3cccc(n3)C2)c1O. The number of aliphatic carboxylic acids is 1. The second-order valence-electron chi connectivity index (χ2n) is 29.0. The lowest BCUT2D eigenvalue weighted by Gasteiger charge is -2.25. The van der Waals surface area contributed by atoms with E-state index >= 15 is 0 Å². The van der Waals surface area contributed by atoms with Crippen molar-refractivity contribution in [2.24, 2.45) is 0 Å². The van der Waals surface area contributed by atoms with Crippen LogP contribution in [0.1, 0.15) is 85.0 Å². The number of para-hydroxylation sites is 3. The van der Waals surface area contributed by atoms with Gasteiger partial charge in [0.25, 0.3) is 0 Å². The standard InChI is InChI=1S/C31H29N5O4S.C30H29N5O2S.C29H27N5O2S/c1-40-27-13-20(31-34-26-10-2-3-11-28(26)41-31)12-21(30(27)39)14-35-15-22-6-4-8-24(32-22)17-36(19-29(37)38)18-25-9-5-7-23(16-35)33-25;1-34-16-22-7-5-9-24(31-22)18-35(19-25-10-6-8-23(17-34)32-25)15-21-13-20(14-27(37-2)29(21)36)30-33-26-11-3-4-12-28(26)38-30;1-36-26-13-19(29-33-25-10-2-3-11-27(25)37-29)12-20(28(26)35)16-34-17-23-8-4-6-21(31-23)14-30-15-22-7-5-9-24(18-34)32-22/h2-13,39H,14-19H2,1H3,(H,37,38);3-14,36H,15-19H2,1-2H3;2-13,30,35H,14-18H2,1H3. The molecule has 0 fully saturated rings. The molecule has 5 N–H and O–H groups in total. The van der Waals surface area contributed by atoms with Gasteiger partial charge in [-0.05, 0) is 153 Å². The number of ether oxygens (including phenoxy) is 3. The number of pyridine rings is 6. The van der Waals surface area contributed by atoms with E-state index in [1.54, 1.807) is 55.3 Å². The van der Waals surface area contributed by atoms with E-state index in [0.717, 1.165) is 155 Å². The highest BCUT2D eigenvalue weighted by Crippen LogP contribution is 2.43. The van der Waals surface area contributed by atoms with Crippen LogP contribution in [0.5, 0.6) is 34.5 Å². The number of carbonyl (C=O) groups is 1. The molecule has 12 bridgehead atoms. The lowest BCUT2D eigenvalue weighted by Crippen LogP contribution is -2.31. The fourth-order valence-electron chi connectivity index (χ4n) is 14.8. The summed E-state index contributed by atoms with van der Waals surface area (Å²) in [4.78, 5) is 66.0. The molecule has 3 aliphatic rings. The van der Waals surface area contributed by atoms with Gasteiger partial charge in [-0.25, -0.2) is 15.0 Å². The first-order valence-corrected chi connectivity index (χ1v) is 40.5. The molecule has 0 saturated heterocycles. The first kappa shape index (κ1) is 77.8. The summed E-state index contributed by atoms with van der Waals surface area (Å²) in [6, 6.07) is 72.1. The first-order chi connectivity index (χ1) is 56.6. The Balaban J connectivity index is 0.000000131. The number of hydrogen-bond donors (Lipinski definition) is 5. The Hall–Kier alpha value is -12.1. The monoisotopic (exact) mass is 1600 g/mol. The molecule has 0 spiro atoms. The molecule has 3 aliphatic heterocycles. The molecule has 0 atom stereocenters. The molecule has 116 heavy (non-hydrogen) atoms. The van der Waals surface area contributed by atoms with E-state index < -0.39 is 5.97 Å². The minimum atomic E-state index is -0.890. The van der Waals surface area contributed by atoms with Crippen molar-refractivity contribution in [2.45, 2.75) is 98.2 Å². The van der Waals surface area contributed by atoms with Gasteiger partial charge in [-0.15, -0.1) is 34.0 Å². The minimum absolute atomic E-state index is 0.0937. The van der Waals surface area contributed by atoms with E-state index in [1.165, 1.54) is 0 Å². The lowest BCUT2D eigenvalue weighted by molar-refractivity contribution is -0.138. The highest BCUT2D eigenvalue weighted by molar-refractivity contribution is 7.22. The number of methoxy groups -OCH3 is 3. The normalized spacial score (nSPS) is 14.4.